The number of piperazine rings is 1. The molecule has 0 atom stereocenters. The maximum absolute atomic E-state index is 13.9. The second kappa shape index (κ2) is 10.2. The molecule has 0 aliphatic carbocycles. The van der Waals surface area contributed by atoms with Crippen LogP contribution in [0.15, 0.2) is 24.3 Å². The molecule has 3 N–H and O–H groups in total. The summed E-state index contributed by atoms with van der Waals surface area (Å²) in [7, 11) is 0. The van der Waals surface area contributed by atoms with Gasteiger partial charge in [0.2, 0.25) is 5.95 Å². The zero-order valence-electron chi connectivity index (χ0n) is 15.7. The number of nitrogens with one attached hydrogen (secondary N) is 1. The van der Waals surface area contributed by atoms with Crippen molar-refractivity contribution in [3.05, 3.63) is 46.9 Å². The average molecular weight is 429 g/mol. The van der Waals surface area contributed by atoms with Crippen LogP contribution in [0.1, 0.15) is 16.8 Å². The van der Waals surface area contributed by atoms with Crippen LogP contribution in [-0.4, -0.2) is 54.1 Å². The van der Waals surface area contributed by atoms with Gasteiger partial charge < -0.3 is 16.0 Å². The number of nitrogen functional groups attached to an aromatic ring is 1. The van der Waals surface area contributed by atoms with Gasteiger partial charge in [-0.15, -0.1) is 24.8 Å². The van der Waals surface area contributed by atoms with Gasteiger partial charge in [0.05, 0.1) is 5.69 Å². The Bertz CT molecular complexity index is 783. The first-order valence-corrected chi connectivity index (χ1v) is 9.27. The first kappa shape index (κ1) is 22.6. The van der Waals surface area contributed by atoms with E-state index in [4.69, 9.17) is 5.73 Å². The quantitative estimate of drug-likeness (QED) is 0.779. The minimum atomic E-state index is -0.128. The van der Waals surface area contributed by atoms with Crippen LogP contribution in [0.3, 0.4) is 0 Å². The van der Waals surface area contributed by atoms with Crippen molar-refractivity contribution in [1.29, 1.82) is 0 Å². The molecule has 0 amide bonds. The number of benzene rings is 1. The highest BCUT2D eigenvalue weighted by Gasteiger charge is 2.24. The number of halogens is 3. The molecular formula is C19H27Cl2FN6. The van der Waals surface area contributed by atoms with Gasteiger partial charge in [-0.05, 0) is 19.0 Å². The van der Waals surface area contributed by atoms with E-state index in [2.05, 4.69) is 25.1 Å². The van der Waals surface area contributed by atoms with Gasteiger partial charge >= 0.3 is 0 Å². The minimum absolute atomic E-state index is 0. The lowest BCUT2D eigenvalue weighted by Gasteiger charge is -2.36. The molecule has 1 fully saturated rings. The highest BCUT2D eigenvalue weighted by molar-refractivity contribution is 5.85. The second-order valence-corrected chi connectivity index (χ2v) is 6.94. The van der Waals surface area contributed by atoms with Crippen molar-refractivity contribution in [2.24, 2.45) is 0 Å². The topological polar surface area (TPSA) is 70.3 Å². The van der Waals surface area contributed by atoms with Gasteiger partial charge in [-0.25, -0.2) is 9.37 Å². The fraction of sp³-hybridized carbons (Fsp3) is 0.474. The minimum Gasteiger partial charge on any atom is -0.368 e. The summed E-state index contributed by atoms with van der Waals surface area (Å²) in [5, 5.41) is 3.41. The molecule has 3 heterocycles. The molecule has 9 heteroatoms. The maximum atomic E-state index is 13.9. The second-order valence-electron chi connectivity index (χ2n) is 6.94. The third-order valence-corrected chi connectivity index (χ3v) is 5.20. The molecule has 28 heavy (non-hydrogen) atoms. The monoisotopic (exact) mass is 428 g/mol. The number of fused-ring (bicyclic) bond motifs is 1. The summed E-state index contributed by atoms with van der Waals surface area (Å²) in [5.41, 5.74) is 9.03. The Balaban J connectivity index is 0.00000140. The van der Waals surface area contributed by atoms with Crippen LogP contribution in [0.2, 0.25) is 0 Å². The van der Waals surface area contributed by atoms with Crippen LogP contribution in [-0.2, 0) is 19.4 Å². The predicted molar refractivity (Wildman–Crippen MR) is 115 cm³/mol. The molecule has 4 rings (SSSR count). The lowest BCUT2D eigenvalue weighted by atomic mass is 10.1. The largest absolute Gasteiger partial charge is 0.368 e. The van der Waals surface area contributed by atoms with Crippen LogP contribution in [0.5, 0.6) is 0 Å². The Hall–Kier alpha value is -1.67. The molecule has 0 spiro atoms. The molecular weight excluding hydrogens is 402 g/mol. The van der Waals surface area contributed by atoms with Gasteiger partial charge in [0.1, 0.15) is 11.6 Å². The third-order valence-electron chi connectivity index (χ3n) is 5.20. The van der Waals surface area contributed by atoms with Gasteiger partial charge in [-0.2, -0.15) is 4.98 Å². The smallest absolute Gasteiger partial charge is 0.222 e. The van der Waals surface area contributed by atoms with E-state index >= 15 is 0 Å². The predicted octanol–water partition coefficient (Wildman–Crippen LogP) is 2.05. The lowest BCUT2D eigenvalue weighted by Crippen LogP contribution is -2.46. The van der Waals surface area contributed by atoms with Crippen LogP contribution in [0.4, 0.5) is 16.2 Å². The molecule has 0 saturated carbocycles. The molecule has 1 aromatic carbocycles. The van der Waals surface area contributed by atoms with Crippen molar-refractivity contribution >= 4 is 36.6 Å². The van der Waals surface area contributed by atoms with Gasteiger partial charge in [-0.3, -0.25) is 4.90 Å². The van der Waals surface area contributed by atoms with E-state index in [9.17, 15) is 4.39 Å². The maximum Gasteiger partial charge on any atom is 0.222 e. The fourth-order valence-electron chi connectivity index (χ4n) is 3.79. The van der Waals surface area contributed by atoms with E-state index in [0.29, 0.717) is 12.5 Å². The SMILES string of the molecule is Cl.Cl.Nc1nc2c(c(N3CCN(Cc4ccccc4F)CC3)n1)CCNCC2. The van der Waals surface area contributed by atoms with Crippen LogP contribution in [0, 0.1) is 5.82 Å². The number of hydrogen-bond donors (Lipinski definition) is 2. The number of rotatable bonds is 3. The fourth-order valence-corrected chi connectivity index (χ4v) is 3.79. The van der Waals surface area contributed by atoms with Gasteiger partial charge in [0.15, 0.2) is 0 Å². The highest BCUT2D eigenvalue weighted by atomic mass is 35.5. The number of nitrogens with two attached hydrogens (primary N) is 1. The normalized spacial score (nSPS) is 17.1. The first-order valence-electron chi connectivity index (χ1n) is 9.27. The molecule has 0 bridgehead atoms. The Morgan fingerprint density at radius 3 is 2.46 bits per heavy atom. The van der Waals surface area contributed by atoms with Crippen LogP contribution >= 0.6 is 24.8 Å². The summed E-state index contributed by atoms with van der Waals surface area (Å²) < 4.78 is 13.9. The molecule has 2 aliphatic rings. The Kier molecular flexibility index (Phi) is 8.24. The van der Waals surface area contributed by atoms with Crippen molar-refractivity contribution in [3.8, 4) is 0 Å². The summed E-state index contributed by atoms with van der Waals surface area (Å²) in [5.74, 6) is 1.22. The standard InChI is InChI=1S/C19H25FN6.2ClH/c20-16-4-2-1-3-14(16)13-25-9-11-26(12-10-25)18-15-5-7-22-8-6-17(15)23-19(21)24-18;;/h1-4,22H,5-13H2,(H2,21,23,24);2*1H. The summed E-state index contributed by atoms with van der Waals surface area (Å²) >= 11 is 0. The lowest BCUT2D eigenvalue weighted by molar-refractivity contribution is 0.246. The first-order chi connectivity index (χ1) is 12.7. The molecule has 0 radical (unpaired) electrons. The molecule has 6 nitrogen and oxygen atoms in total. The van der Waals surface area contributed by atoms with E-state index in [1.165, 1.54) is 11.6 Å². The highest BCUT2D eigenvalue weighted by Crippen LogP contribution is 2.25. The van der Waals surface area contributed by atoms with E-state index in [-0.39, 0.29) is 30.6 Å². The van der Waals surface area contributed by atoms with Gasteiger partial charge in [-0.1, -0.05) is 18.2 Å². The van der Waals surface area contributed by atoms with E-state index < -0.39 is 0 Å². The van der Waals surface area contributed by atoms with Crippen LogP contribution < -0.4 is 16.0 Å². The van der Waals surface area contributed by atoms with Gasteiger partial charge in [0, 0.05) is 56.8 Å². The molecule has 154 valence electrons. The summed E-state index contributed by atoms with van der Waals surface area (Å²) in [4.78, 5) is 13.6. The summed E-state index contributed by atoms with van der Waals surface area (Å²) in [6.45, 7) is 6.01. The van der Waals surface area contributed by atoms with Crippen molar-refractivity contribution in [3.63, 3.8) is 0 Å². The van der Waals surface area contributed by atoms with E-state index in [1.54, 1.807) is 6.07 Å². The molecule has 1 saturated heterocycles. The Labute approximate surface area is 177 Å². The van der Waals surface area contributed by atoms with Crippen molar-refractivity contribution in [1.82, 2.24) is 20.2 Å². The number of hydrogen-bond acceptors (Lipinski definition) is 6. The molecule has 2 aliphatic heterocycles. The third kappa shape index (κ3) is 5.03. The summed E-state index contributed by atoms with van der Waals surface area (Å²) in [6.07, 6.45) is 1.82. The number of aromatic nitrogens is 2. The zero-order valence-corrected chi connectivity index (χ0v) is 17.4. The van der Waals surface area contributed by atoms with Crippen LogP contribution in [0.25, 0.3) is 0 Å². The van der Waals surface area contributed by atoms with Crippen molar-refractivity contribution in [2.75, 3.05) is 49.9 Å². The van der Waals surface area contributed by atoms with Crippen molar-refractivity contribution < 1.29 is 4.39 Å². The molecule has 2 aromatic rings. The average Bonchev–Trinajstić information content (AvgIpc) is 2.89. The molecule has 1 aromatic heterocycles. The number of nitrogens with zero attached hydrogens (tertiary/aromatic N) is 4. The number of anilines is 2. The van der Waals surface area contributed by atoms with Crippen molar-refractivity contribution in [2.45, 2.75) is 19.4 Å². The van der Waals surface area contributed by atoms with E-state index in [0.717, 1.165) is 69.2 Å². The van der Waals surface area contributed by atoms with E-state index in [1.807, 2.05) is 12.1 Å². The zero-order chi connectivity index (χ0) is 17.9. The summed E-state index contributed by atoms with van der Waals surface area (Å²) in [6, 6.07) is 7.01. The Morgan fingerprint density at radius 1 is 1.00 bits per heavy atom. The Morgan fingerprint density at radius 2 is 1.71 bits per heavy atom. The van der Waals surface area contributed by atoms with Gasteiger partial charge in [0.25, 0.3) is 0 Å². The molecule has 0 unspecified atom stereocenters.